The summed E-state index contributed by atoms with van der Waals surface area (Å²) in [5.41, 5.74) is 8.81. The molecule has 8 aromatic rings. The van der Waals surface area contributed by atoms with Crippen LogP contribution in [0, 0.1) is 59.2 Å². The predicted molar refractivity (Wildman–Crippen MR) is 271 cm³/mol. The van der Waals surface area contributed by atoms with Crippen LogP contribution >= 0.6 is 0 Å². The van der Waals surface area contributed by atoms with Crippen molar-refractivity contribution in [2.24, 2.45) is 59.2 Å². The number of rotatable bonds is 6. The Morgan fingerprint density at radius 2 is 0.773 bits per heavy atom. The molecule has 8 aliphatic rings. The molecule has 336 valence electrons. The van der Waals surface area contributed by atoms with Gasteiger partial charge in [-0.15, -0.1) is 69.1 Å². The molecule has 0 radical (unpaired) electrons. The van der Waals surface area contributed by atoms with Crippen molar-refractivity contribution in [1.82, 2.24) is 0 Å². The fraction of sp³-hybridized carbons (Fsp3) is 0.387. The van der Waals surface area contributed by atoms with Crippen molar-refractivity contribution in [1.29, 1.82) is 0 Å². The molecule has 0 aliphatic heterocycles. The first-order valence-electron chi connectivity index (χ1n) is 25.2. The minimum Gasteiger partial charge on any atom is -1.00 e. The van der Waals surface area contributed by atoms with Gasteiger partial charge >= 0.3 is 41.9 Å². The molecule has 8 aromatic carbocycles. The number of halogens is 2. The quantitative estimate of drug-likeness (QED) is 0.115. The molecule has 0 nitrogen and oxygen atoms in total. The molecule has 8 fully saturated rings. The number of hydrogen-bond acceptors (Lipinski definition) is 0. The Hall–Kier alpha value is -3.26. The number of fused-ring (bicyclic) bond motifs is 4. The molecular formula is C62H64Cl2SiZr-2. The Bertz CT molecular complexity index is 2750. The molecule has 0 N–H and O–H groups in total. The molecule has 0 amide bonds. The molecule has 16 rings (SSSR count). The molecule has 4 heteroatoms. The monoisotopic (exact) mass is 996 g/mol. The van der Waals surface area contributed by atoms with E-state index in [9.17, 15) is 0 Å². The van der Waals surface area contributed by atoms with Crippen LogP contribution in [0.3, 0.4) is 0 Å². The van der Waals surface area contributed by atoms with Gasteiger partial charge in [-0.2, -0.15) is 12.1 Å². The van der Waals surface area contributed by atoms with Crippen LogP contribution in [0.5, 0.6) is 0 Å². The van der Waals surface area contributed by atoms with E-state index < -0.39 is 0 Å². The van der Waals surface area contributed by atoms with Gasteiger partial charge < -0.3 is 24.8 Å². The minimum atomic E-state index is 0. The van der Waals surface area contributed by atoms with Gasteiger partial charge in [-0.05, 0) is 181 Å². The van der Waals surface area contributed by atoms with Crippen molar-refractivity contribution in [2.75, 3.05) is 0 Å². The Labute approximate surface area is 421 Å². The third kappa shape index (κ3) is 9.29. The van der Waals surface area contributed by atoms with Crippen LogP contribution < -0.4 is 24.8 Å². The van der Waals surface area contributed by atoms with Gasteiger partial charge in [0.1, 0.15) is 0 Å². The standard InChI is InChI=1S/2C30H29.C2H6Si.2ClH.Zr/c2*1-2-5-23-18-25(9-8-22(23)4-1)28-7-3-6-24-11-21(17-30(24)28)16-29-26-12-19-10-20(14-26)15-27(29)13-19;1-3-2;;;/h2*1-9,11,17-20,26-27,29H,10,12-16H2;1-2H3;2*1H;/q2*-1;;;;+2/p-2. The summed E-state index contributed by atoms with van der Waals surface area (Å²) >= 11 is 1.74. The van der Waals surface area contributed by atoms with Crippen LogP contribution in [-0.4, -0.2) is 5.43 Å². The summed E-state index contributed by atoms with van der Waals surface area (Å²) in [6, 6.07) is 54.9. The van der Waals surface area contributed by atoms with Crippen LogP contribution in [0.25, 0.3) is 65.3 Å². The number of benzene rings is 6. The number of hydrogen-bond donors (Lipinski definition) is 0. The van der Waals surface area contributed by atoms with Crippen LogP contribution in [0.2, 0.25) is 13.1 Å². The fourth-order valence-corrected chi connectivity index (χ4v) is 15.3. The summed E-state index contributed by atoms with van der Waals surface area (Å²) in [4.78, 5) is 0. The van der Waals surface area contributed by atoms with Crippen molar-refractivity contribution in [3.63, 3.8) is 0 Å². The second-order valence-corrected chi connectivity index (χ2v) is 31.4. The molecule has 0 heterocycles. The van der Waals surface area contributed by atoms with E-state index in [1.54, 1.807) is 47.3 Å². The molecular weight excluding hydrogens is 935 g/mol. The van der Waals surface area contributed by atoms with Gasteiger partial charge in [-0.3, -0.25) is 0 Å². The average Bonchev–Trinajstić information content (AvgIpc) is 3.92. The maximum Gasteiger partial charge on any atom is -0.0178 e. The van der Waals surface area contributed by atoms with Crippen molar-refractivity contribution in [3.05, 3.63) is 157 Å². The maximum atomic E-state index is 2.52. The van der Waals surface area contributed by atoms with E-state index >= 15 is 0 Å². The molecule has 8 aliphatic carbocycles. The summed E-state index contributed by atoms with van der Waals surface area (Å²) in [5, 5.41) is 11.0. The van der Waals surface area contributed by atoms with Gasteiger partial charge in [0.15, 0.2) is 0 Å². The van der Waals surface area contributed by atoms with E-state index in [1.807, 2.05) is 0 Å². The van der Waals surface area contributed by atoms with Crippen LogP contribution in [0.1, 0.15) is 75.3 Å². The Kier molecular flexibility index (Phi) is 13.8. The third-order valence-corrected chi connectivity index (χ3v) is 17.5. The van der Waals surface area contributed by atoms with Crippen molar-refractivity contribution in [2.45, 2.75) is 90.1 Å². The molecule has 8 saturated carbocycles. The first kappa shape index (κ1) is 46.5. The third-order valence-electron chi connectivity index (χ3n) is 17.5. The van der Waals surface area contributed by atoms with Crippen molar-refractivity contribution < 1.29 is 48.1 Å². The normalized spacial score (nSPS) is 27.5. The summed E-state index contributed by atoms with van der Waals surface area (Å²) in [6.07, 6.45) is 17.9. The van der Waals surface area contributed by atoms with Crippen LogP contribution in [0.15, 0.2) is 146 Å². The van der Waals surface area contributed by atoms with Gasteiger partial charge in [-0.25, -0.2) is 0 Å². The van der Waals surface area contributed by atoms with E-state index in [1.165, 1.54) is 130 Å². The van der Waals surface area contributed by atoms with E-state index in [4.69, 9.17) is 0 Å². The SMILES string of the molecule is C[Si](C)=[Zr+2].[Cl-].[Cl-].c1ccc2cc(-c3cccc4[cH-]c(CC5C6CC7CC(C6)CC5C7)cc34)ccc2c1.c1ccc2cc(-c3cccc4[cH-]c(CC5C6CC7CC(C6)CC5C7)cc34)ccc2c1. The maximum absolute atomic E-state index is 2.52. The van der Waals surface area contributed by atoms with Crippen LogP contribution in [0.4, 0.5) is 0 Å². The van der Waals surface area contributed by atoms with Crippen molar-refractivity contribution >= 4 is 48.5 Å². The van der Waals surface area contributed by atoms with Crippen LogP contribution in [-0.2, 0) is 36.2 Å². The smallest absolute Gasteiger partial charge is 0.0178 e. The Morgan fingerprint density at radius 1 is 0.424 bits per heavy atom. The Balaban J connectivity index is 0.000000140. The molecule has 0 spiro atoms. The van der Waals surface area contributed by atoms with Gasteiger partial charge in [-0.1, -0.05) is 96.1 Å². The Morgan fingerprint density at radius 3 is 1.14 bits per heavy atom. The molecule has 66 heavy (non-hydrogen) atoms. The second kappa shape index (κ2) is 19.6. The largest absolute Gasteiger partial charge is 1.00 e. The molecule has 0 aromatic heterocycles. The predicted octanol–water partition coefficient (Wildman–Crippen LogP) is 10.8. The minimum absolute atomic E-state index is 0. The van der Waals surface area contributed by atoms with E-state index in [2.05, 4.69) is 159 Å². The summed E-state index contributed by atoms with van der Waals surface area (Å²) < 4.78 is 0. The molecule has 8 bridgehead atoms. The van der Waals surface area contributed by atoms with Gasteiger partial charge in [0.25, 0.3) is 0 Å². The summed E-state index contributed by atoms with van der Waals surface area (Å²) in [5.74, 6) is 10.2. The molecule has 0 atom stereocenters. The average molecular weight is 999 g/mol. The zero-order valence-electron chi connectivity index (χ0n) is 38.9. The fourth-order valence-electron chi connectivity index (χ4n) is 15.3. The zero-order chi connectivity index (χ0) is 42.9. The topological polar surface area (TPSA) is 0 Å². The first-order chi connectivity index (χ1) is 31.3. The van der Waals surface area contributed by atoms with E-state index in [0.717, 1.165) is 59.2 Å². The van der Waals surface area contributed by atoms with Gasteiger partial charge in [0.2, 0.25) is 0 Å². The zero-order valence-corrected chi connectivity index (χ0v) is 43.8. The van der Waals surface area contributed by atoms with E-state index in [-0.39, 0.29) is 30.2 Å². The first-order valence-corrected chi connectivity index (χ1v) is 31.4. The second-order valence-electron chi connectivity index (χ2n) is 22.1. The summed E-state index contributed by atoms with van der Waals surface area (Å²) in [6.45, 7) is 4.62. The van der Waals surface area contributed by atoms with E-state index in [0.29, 0.717) is 0 Å². The molecule has 0 unspecified atom stereocenters. The van der Waals surface area contributed by atoms with Gasteiger partial charge in [0.05, 0.1) is 0 Å². The van der Waals surface area contributed by atoms with Gasteiger partial charge in [0, 0.05) is 0 Å². The summed E-state index contributed by atoms with van der Waals surface area (Å²) in [7, 11) is 0. The van der Waals surface area contributed by atoms with Crippen molar-refractivity contribution in [3.8, 4) is 22.3 Å². The molecule has 0 saturated heterocycles.